The van der Waals surface area contributed by atoms with Crippen LogP contribution in [0, 0.1) is 0 Å². The second-order valence-corrected chi connectivity index (χ2v) is 5.59. The van der Waals surface area contributed by atoms with Crippen LogP contribution in [0.2, 0.25) is 0 Å². The first-order valence-electron chi connectivity index (χ1n) is 5.75. The van der Waals surface area contributed by atoms with Crippen LogP contribution < -0.4 is 0 Å². The molecule has 1 atom stereocenters. The summed E-state index contributed by atoms with van der Waals surface area (Å²) in [7, 11) is 0. The van der Waals surface area contributed by atoms with Gasteiger partial charge in [0.15, 0.2) is 10.8 Å². The maximum Gasteiger partial charge on any atom is 0.162 e. The Morgan fingerprint density at radius 1 is 1.53 bits per heavy atom. The maximum absolute atomic E-state index is 5.95. The molecule has 0 fully saturated rings. The quantitative estimate of drug-likeness (QED) is 0.693. The zero-order chi connectivity index (χ0) is 13.2. The number of rotatable bonds is 4. The van der Waals surface area contributed by atoms with Gasteiger partial charge in [-0.2, -0.15) is 0 Å². The Balaban J connectivity index is 1.76. The Kier molecular flexibility index (Phi) is 3.35. The summed E-state index contributed by atoms with van der Waals surface area (Å²) >= 11 is 7.50. The van der Waals surface area contributed by atoms with E-state index < -0.39 is 0 Å². The molecule has 0 spiro atoms. The summed E-state index contributed by atoms with van der Waals surface area (Å²) in [5, 5.41) is 10.8. The van der Waals surface area contributed by atoms with Crippen LogP contribution in [0.15, 0.2) is 34.4 Å². The minimum absolute atomic E-state index is 0.136. The lowest BCUT2D eigenvalue weighted by Gasteiger charge is -1.96. The van der Waals surface area contributed by atoms with Crippen molar-refractivity contribution in [3.05, 3.63) is 41.4 Å². The number of thiazole rings is 1. The van der Waals surface area contributed by atoms with E-state index in [4.69, 9.17) is 16.0 Å². The van der Waals surface area contributed by atoms with E-state index in [1.807, 2.05) is 30.6 Å². The van der Waals surface area contributed by atoms with E-state index in [0.717, 1.165) is 22.2 Å². The van der Waals surface area contributed by atoms with E-state index in [1.165, 1.54) is 0 Å². The monoisotopic (exact) mass is 294 g/mol. The fourth-order valence-corrected chi connectivity index (χ4v) is 2.51. The zero-order valence-electron chi connectivity index (χ0n) is 10.2. The zero-order valence-corrected chi connectivity index (χ0v) is 11.7. The summed E-state index contributed by atoms with van der Waals surface area (Å²) < 4.78 is 7.05. The minimum atomic E-state index is -0.136. The molecule has 3 aromatic heterocycles. The molecule has 1 unspecified atom stereocenters. The number of alkyl halides is 1. The molecule has 0 aromatic carbocycles. The first-order chi connectivity index (χ1) is 9.22. The summed E-state index contributed by atoms with van der Waals surface area (Å²) in [5.41, 5.74) is 1.69. The van der Waals surface area contributed by atoms with E-state index in [9.17, 15) is 0 Å². The predicted octanol–water partition coefficient (Wildman–Crippen LogP) is 3.34. The van der Waals surface area contributed by atoms with Crippen LogP contribution >= 0.6 is 22.9 Å². The van der Waals surface area contributed by atoms with Gasteiger partial charge in [0.1, 0.15) is 5.69 Å². The van der Waals surface area contributed by atoms with Gasteiger partial charge in [-0.15, -0.1) is 28.0 Å². The van der Waals surface area contributed by atoms with Crippen LogP contribution in [-0.2, 0) is 6.54 Å². The van der Waals surface area contributed by atoms with Gasteiger partial charge in [0.2, 0.25) is 0 Å². The topological polar surface area (TPSA) is 56.7 Å². The highest BCUT2D eigenvalue weighted by Crippen LogP contribution is 2.24. The molecule has 0 aliphatic carbocycles. The number of halogens is 1. The van der Waals surface area contributed by atoms with E-state index in [2.05, 4.69) is 15.3 Å². The lowest BCUT2D eigenvalue weighted by atomic mass is 10.4. The van der Waals surface area contributed by atoms with Crippen LogP contribution in [0.4, 0.5) is 0 Å². The molecule has 98 valence electrons. The van der Waals surface area contributed by atoms with Crippen molar-refractivity contribution < 1.29 is 4.42 Å². The Labute approximate surface area is 118 Å². The van der Waals surface area contributed by atoms with Crippen molar-refractivity contribution in [1.82, 2.24) is 20.0 Å². The third-order valence-electron chi connectivity index (χ3n) is 2.57. The Bertz CT molecular complexity index is 659. The van der Waals surface area contributed by atoms with Crippen LogP contribution in [0.5, 0.6) is 0 Å². The molecular formula is C12H11ClN4OS. The summed E-state index contributed by atoms with van der Waals surface area (Å²) in [6.45, 7) is 2.45. The van der Waals surface area contributed by atoms with Crippen molar-refractivity contribution >= 4 is 22.9 Å². The standard InChI is InChI=1S/C12H11ClN4OS/c1-8(13)10-6-17(16-15-10)5-9-7-19-12(14-9)11-3-2-4-18-11/h2-4,6-8H,5H2,1H3. The van der Waals surface area contributed by atoms with E-state index in [1.54, 1.807) is 22.3 Å². The fraction of sp³-hybridized carbons (Fsp3) is 0.250. The van der Waals surface area contributed by atoms with Crippen molar-refractivity contribution in [2.45, 2.75) is 18.8 Å². The van der Waals surface area contributed by atoms with Gasteiger partial charge in [0.25, 0.3) is 0 Å². The number of aromatic nitrogens is 4. The van der Waals surface area contributed by atoms with E-state index in [-0.39, 0.29) is 5.38 Å². The summed E-state index contributed by atoms with van der Waals surface area (Å²) in [6, 6.07) is 3.74. The van der Waals surface area contributed by atoms with Crippen LogP contribution in [0.25, 0.3) is 10.8 Å². The molecule has 19 heavy (non-hydrogen) atoms. The van der Waals surface area contributed by atoms with Crippen LogP contribution in [0.1, 0.15) is 23.7 Å². The average Bonchev–Trinajstić information content (AvgIpc) is 3.09. The van der Waals surface area contributed by atoms with Gasteiger partial charge in [-0.25, -0.2) is 9.67 Å². The molecule has 0 aliphatic rings. The largest absolute Gasteiger partial charge is 0.462 e. The molecule has 5 nitrogen and oxygen atoms in total. The molecular weight excluding hydrogens is 284 g/mol. The molecule has 0 radical (unpaired) electrons. The van der Waals surface area contributed by atoms with Gasteiger partial charge >= 0.3 is 0 Å². The normalized spacial score (nSPS) is 12.7. The molecule has 0 saturated heterocycles. The van der Waals surface area contributed by atoms with E-state index in [0.29, 0.717) is 6.54 Å². The molecule has 3 rings (SSSR count). The third kappa shape index (κ3) is 2.69. The molecule has 0 N–H and O–H groups in total. The summed E-state index contributed by atoms with van der Waals surface area (Å²) in [5.74, 6) is 0.782. The second-order valence-electron chi connectivity index (χ2n) is 4.08. The molecule has 3 aromatic rings. The van der Waals surface area contributed by atoms with E-state index >= 15 is 0 Å². The molecule has 0 aliphatic heterocycles. The third-order valence-corrected chi connectivity index (χ3v) is 3.70. The van der Waals surface area contributed by atoms with Crippen molar-refractivity contribution in [2.24, 2.45) is 0 Å². The Hall–Kier alpha value is -1.66. The highest BCUT2D eigenvalue weighted by molar-refractivity contribution is 7.13. The Morgan fingerprint density at radius 2 is 2.42 bits per heavy atom. The lowest BCUT2D eigenvalue weighted by Crippen LogP contribution is -2.00. The van der Waals surface area contributed by atoms with Gasteiger partial charge in [-0.05, 0) is 19.1 Å². The molecule has 0 saturated carbocycles. The van der Waals surface area contributed by atoms with Gasteiger partial charge in [0.05, 0.1) is 30.1 Å². The van der Waals surface area contributed by atoms with Gasteiger partial charge in [0, 0.05) is 5.38 Å². The fourth-order valence-electron chi connectivity index (χ4n) is 1.63. The number of furan rings is 1. The molecule has 7 heteroatoms. The molecule has 3 heterocycles. The first kappa shape index (κ1) is 12.4. The number of hydrogen-bond donors (Lipinski definition) is 0. The highest BCUT2D eigenvalue weighted by atomic mass is 35.5. The summed E-state index contributed by atoms with van der Waals surface area (Å²) in [4.78, 5) is 4.51. The average molecular weight is 295 g/mol. The first-order valence-corrected chi connectivity index (χ1v) is 7.06. The van der Waals surface area contributed by atoms with Crippen LogP contribution in [-0.4, -0.2) is 20.0 Å². The van der Waals surface area contributed by atoms with Gasteiger partial charge in [-0.1, -0.05) is 5.21 Å². The molecule has 0 amide bonds. The number of nitrogens with zero attached hydrogens (tertiary/aromatic N) is 4. The van der Waals surface area contributed by atoms with Gasteiger partial charge in [-0.3, -0.25) is 0 Å². The number of hydrogen-bond acceptors (Lipinski definition) is 5. The smallest absolute Gasteiger partial charge is 0.162 e. The maximum atomic E-state index is 5.95. The minimum Gasteiger partial charge on any atom is -0.462 e. The molecule has 0 bridgehead atoms. The van der Waals surface area contributed by atoms with Crippen molar-refractivity contribution in [1.29, 1.82) is 0 Å². The lowest BCUT2D eigenvalue weighted by molar-refractivity contribution is 0.581. The highest BCUT2D eigenvalue weighted by Gasteiger charge is 2.10. The van der Waals surface area contributed by atoms with Gasteiger partial charge < -0.3 is 4.42 Å². The Morgan fingerprint density at radius 3 is 3.11 bits per heavy atom. The van der Waals surface area contributed by atoms with Crippen LogP contribution in [0.3, 0.4) is 0 Å². The van der Waals surface area contributed by atoms with Crippen molar-refractivity contribution in [3.8, 4) is 10.8 Å². The summed E-state index contributed by atoms with van der Waals surface area (Å²) in [6.07, 6.45) is 3.48. The van der Waals surface area contributed by atoms with Crippen molar-refractivity contribution in [2.75, 3.05) is 0 Å². The second kappa shape index (κ2) is 5.14. The SMILES string of the molecule is CC(Cl)c1cn(Cc2csc(-c3ccco3)n2)nn1. The predicted molar refractivity (Wildman–Crippen MR) is 73.2 cm³/mol. The van der Waals surface area contributed by atoms with Crippen molar-refractivity contribution in [3.63, 3.8) is 0 Å².